The van der Waals surface area contributed by atoms with Crippen LogP contribution >= 0.6 is 0 Å². The highest BCUT2D eigenvalue weighted by atomic mass is 16.5. The highest BCUT2D eigenvalue weighted by Gasteiger charge is 2.47. The summed E-state index contributed by atoms with van der Waals surface area (Å²) in [4.78, 5) is 0. The van der Waals surface area contributed by atoms with E-state index in [1.807, 2.05) is 19.9 Å². The van der Waals surface area contributed by atoms with Crippen molar-refractivity contribution < 1.29 is 19.7 Å². The van der Waals surface area contributed by atoms with Gasteiger partial charge in [-0.15, -0.1) is 0 Å². The van der Waals surface area contributed by atoms with Crippen molar-refractivity contribution >= 4 is 0 Å². The van der Waals surface area contributed by atoms with E-state index in [-0.39, 0.29) is 18.3 Å². The summed E-state index contributed by atoms with van der Waals surface area (Å²) in [5, 5.41) is 19.8. The van der Waals surface area contributed by atoms with Gasteiger partial charge in [0.25, 0.3) is 0 Å². The Morgan fingerprint density at radius 2 is 2.10 bits per heavy atom. The number of allylic oxidation sites excluding steroid dienone is 1. The van der Waals surface area contributed by atoms with Crippen molar-refractivity contribution in [2.75, 3.05) is 13.2 Å². The Bertz CT molecular complexity index is 377. The summed E-state index contributed by atoms with van der Waals surface area (Å²) in [5.74, 6) is 0.994. The lowest BCUT2D eigenvalue weighted by atomic mass is 9.77. The molecule has 120 valence electrons. The van der Waals surface area contributed by atoms with Gasteiger partial charge in [0.1, 0.15) is 0 Å². The van der Waals surface area contributed by atoms with E-state index in [9.17, 15) is 10.2 Å². The number of hydrogen-bond donors (Lipinski definition) is 2. The summed E-state index contributed by atoms with van der Waals surface area (Å²) in [6.45, 7) is 5.01. The Morgan fingerprint density at radius 1 is 1.33 bits per heavy atom. The average molecular weight is 296 g/mol. The molecule has 0 radical (unpaired) electrons. The summed E-state index contributed by atoms with van der Waals surface area (Å²) in [5.41, 5.74) is 0. The van der Waals surface area contributed by atoms with Gasteiger partial charge in [-0.2, -0.15) is 0 Å². The zero-order valence-electron chi connectivity index (χ0n) is 13.1. The zero-order chi connectivity index (χ0) is 15.2. The van der Waals surface area contributed by atoms with Gasteiger partial charge in [0.05, 0.1) is 30.7 Å². The van der Waals surface area contributed by atoms with Crippen molar-refractivity contribution in [2.24, 2.45) is 11.8 Å². The molecule has 2 saturated heterocycles. The molecule has 4 nitrogen and oxygen atoms in total. The summed E-state index contributed by atoms with van der Waals surface area (Å²) in [7, 11) is 0. The van der Waals surface area contributed by atoms with Crippen molar-refractivity contribution in [1.82, 2.24) is 0 Å². The molecule has 0 saturated carbocycles. The number of ether oxygens (including phenoxy) is 2. The van der Waals surface area contributed by atoms with Gasteiger partial charge in [0.15, 0.2) is 0 Å². The molecular weight excluding hydrogens is 268 g/mol. The predicted molar refractivity (Wildman–Crippen MR) is 82.1 cm³/mol. The number of hydrogen-bond acceptors (Lipinski definition) is 4. The third-order valence-corrected chi connectivity index (χ3v) is 4.55. The van der Waals surface area contributed by atoms with Crippen LogP contribution in [0.4, 0.5) is 0 Å². The summed E-state index contributed by atoms with van der Waals surface area (Å²) >= 11 is 0. The quantitative estimate of drug-likeness (QED) is 0.411. The van der Waals surface area contributed by atoms with Crippen molar-refractivity contribution in [3.05, 3.63) is 24.0 Å². The fourth-order valence-corrected chi connectivity index (χ4v) is 3.34. The molecule has 21 heavy (non-hydrogen) atoms. The van der Waals surface area contributed by atoms with E-state index >= 15 is 0 Å². The molecule has 2 fully saturated rings. The average Bonchev–Trinajstić information content (AvgIpc) is 3.06. The topological polar surface area (TPSA) is 58.9 Å². The lowest BCUT2D eigenvalue weighted by Gasteiger charge is -2.25. The van der Waals surface area contributed by atoms with Crippen LogP contribution in [0.2, 0.25) is 0 Å². The molecule has 2 aliphatic heterocycles. The maximum atomic E-state index is 10.1. The van der Waals surface area contributed by atoms with E-state index in [1.54, 1.807) is 6.08 Å². The normalized spacial score (nSPS) is 34.0. The molecule has 2 rings (SSSR count). The number of rotatable bonds is 8. The van der Waals surface area contributed by atoms with Crippen LogP contribution in [0.15, 0.2) is 24.0 Å². The van der Waals surface area contributed by atoms with Crippen LogP contribution in [0.25, 0.3) is 0 Å². The fraction of sp³-hybridized carbons (Fsp3) is 0.765. The second kappa shape index (κ2) is 7.97. The van der Waals surface area contributed by atoms with Gasteiger partial charge in [-0.1, -0.05) is 19.1 Å². The van der Waals surface area contributed by atoms with E-state index in [1.165, 1.54) is 0 Å². The van der Waals surface area contributed by atoms with Crippen molar-refractivity contribution in [1.29, 1.82) is 0 Å². The largest absolute Gasteiger partial charge is 0.513 e. The number of aliphatic hydroxyl groups excluding tert-OH is 2. The lowest BCUT2D eigenvalue weighted by molar-refractivity contribution is 0.0882. The predicted octanol–water partition coefficient (Wildman–Crippen LogP) is 2.98. The third-order valence-electron chi connectivity index (χ3n) is 4.55. The molecule has 1 unspecified atom stereocenters. The molecule has 2 aliphatic rings. The Morgan fingerprint density at radius 3 is 2.81 bits per heavy atom. The molecule has 0 aromatic carbocycles. The zero-order valence-corrected chi connectivity index (χ0v) is 13.1. The smallest absolute Gasteiger partial charge is 0.0909 e. The van der Waals surface area contributed by atoms with Gasteiger partial charge < -0.3 is 19.7 Å². The molecule has 2 N–H and O–H groups in total. The molecular formula is C17H28O4. The van der Waals surface area contributed by atoms with Crippen LogP contribution in [0.1, 0.15) is 39.5 Å². The van der Waals surface area contributed by atoms with E-state index in [2.05, 4.69) is 6.08 Å². The first-order valence-corrected chi connectivity index (χ1v) is 8.13. The van der Waals surface area contributed by atoms with Crippen LogP contribution in [0.5, 0.6) is 0 Å². The highest BCUT2D eigenvalue weighted by Crippen LogP contribution is 2.46. The Hall–Kier alpha value is -0.840. The Balaban J connectivity index is 1.95. The summed E-state index contributed by atoms with van der Waals surface area (Å²) in [6.07, 6.45) is 9.35. The van der Waals surface area contributed by atoms with Gasteiger partial charge in [0, 0.05) is 24.9 Å². The van der Waals surface area contributed by atoms with Gasteiger partial charge in [-0.3, -0.25) is 0 Å². The first kappa shape index (κ1) is 16.5. The highest BCUT2D eigenvalue weighted by molar-refractivity contribution is 5.09. The minimum atomic E-state index is -0.383. The molecule has 0 aromatic rings. The standard InChI is InChI=1S/C17H28O4/c1-3-12(18)5-6-14-15(17-8-7-16(14)21-17)11-13(19)9-10-20-4-2/h5-6,9,12,14-19H,3-4,7-8,10-11H2,1-2H3/b6-5+,13-9+/t12?,14-,15+,16-,17+/m0/s1. The molecule has 2 heterocycles. The second-order valence-corrected chi connectivity index (χ2v) is 5.95. The van der Waals surface area contributed by atoms with Gasteiger partial charge in [-0.05, 0) is 32.3 Å². The molecule has 0 aromatic heterocycles. The molecule has 4 heteroatoms. The molecule has 0 amide bonds. The van der Waals surface area contributed by atoms with Crippen LogP contribution < -0.4 is 0 Å². The maximum absolute atomic E-state index is 10.1. The second-order valence-electron chi connectivity index (χ2n) is 5.95. The van der Waals surface area contributed by atoms with Crippen LogP contribution in [-0.4, -0.2) is 41.7 Å². The monoisotopic (exact) mass is 296 g/mol. The first-order valence-electron chi connectivity index (χ1n) is 8.13. The minimum Gasteiger partial charge on any atom is -0.513 e. The van der Waals surface area contributed by atoms with E-state index < -0.39 is 0 Å². The maximum Gasteiger partial charge on any atom is 0.0909 e. The van der Waals surface area contributed by atoms with Crippen molar-refractivity contribution in [3.8, 4) is 0 Å². The van der Waals surface area contributed by atoms with Crippen molar-refractivity contribution in [3.63, 3.8) is 0 Å². The SMILES string of the molecule is CCOC/C=C(/O)C[C@@H]1[C@H](/C=C/C(O)CC)[C@@H]2CC[C@H]1O2. The first-order chi connectivity index (χ1) is 10.2. The molecule has 0 aliphatic carbocycles. The third kappa shape index (κ3) is 4.31. The van der Waals surface area contributed by atoms with E-state index in [0.717, 1.165) is 19.3 Å². The summed E-state index contributed by atoms with van der Waals surface area (Å²) < 4.78 is 11.2. The fourth-order valence-electron chi connectivity index (χ4n) is 3.34. The Labute approximate surface area is 127 Å². The van der Waals surface area contributed by atoms with Gasteiger partial charge in [0.2, 0.25) is 0 Å². The van der Waals surface area contributed by atoms with Crippen LogP contribution in [0, 0.1) is 11.8 Å². The number of fused-ring (bicyclic) bond motifs is 2. The van der Waals surface area contributed by atoms with Crippen LogP contribution in [0.3, 0.4) is 0 Å². The van der Waals surface area contributed by atoms with Gasteiger partial charge in [-0.25, -0.2) is 0 Å². The van der Waals surface area contributed by atoms with Crippen LogP contribution in [-0.2, 0) is 9.47 Å². The van der Waals surface area contributed by atoms with Crippen molar-refractivity contribution in [2.45, 2.75) is 57.8 Å². The molecule has 2 bridgehead atoms. The lowest BCUT2D eigenvalue weighted by Crippen LogP contribution is -2.26. The summed E-state index contributed by atoms with van der Waals surface area (Å²) in [6, 6.07) is 0. The van der Waals surface area contributed by atoms with E-state index in [4.69, 9.17) is 9.47 Å². The minimum absolute atomic E-state index is 0.242. The molecule has 0 spiro atoms. The van der Waals surface area contributed by atoms with Gasteiger partial charge >= 0.3 is 0 Å². The Kier molecular flexibility index (Phi) is 6.27. The molecule has 5 atom stereocenters. The number of aliphatic hydroxyl groups is 2. The van der Waals surface area contributed by atoms with E-state index in [0.29, 0.717) is 37.2 Å².